The van der Waals surface area contributed by atoms with Crippen LogP contribution in [-0.4, -0.2) is 34.3 Å². The maximum Gasteiger partial charge on any atom is 0.166 e. The van der Waals surface area contributed by atoms with Crippen molar-refractivity contribution in [3.63, 3.8) is 0 Å². The van der Waals surface area contributed by atoms with Crippen LogP contribution in [0.5, 0.6) is 5.75 Å². The summed E-state index contributed by atoms with van der Waals surface area (Å²) in [5.74, 6) is 0.771. The summed E-state index contributed by atoms with van der Waals surface area (Å²) in [5.41, 5.74) is 8.06. The quantitative estimate of drug-likeness (QED) is 0.480. The van der Waals surface area contributed by atoms with E-state index >= 15 is 0 Å². The number of ether oxygens (including phenoxy) is 3. The first kappa shape index (κ1) is 22.4. The van der Waals surface area contributed by atoms with Gasteiger partial charge in [-0.25, -0.2) is 9.37 Å². The Morgan fingerprint density at radius 3 is 2.97 bits per heavy atom. The molecule has 3 unspecified atom stereocenters. The fourth-order valence-corrected chi connectivity index (χ4v) is 5.14. The van der Waals surface area contributed by atoms with Crippen molar-refractivity contribution in [3.05, 3.63) is 58.2 Å². The molecule has 0 aliphatic carbocycles. The van der Waals surface area contributed by atoms with E-state index in [0.717, 1.165) is 30.7 Å². The number of rotatable bonds is 6. The van der Waals surface area contributed by atoms with Crippen molar-refractivity contribution < 1.29 is 18.6 Å². The summed E-state index contributed by atoms with van der Waals surface area (Å²) < 4.78 is 33.2. The maximum atomic E-state index is 13.9. The van der Waals surface area contributed by atoms with Crippen LogP contribution >= 0.6 is 23.2 Å². The van der Waals surface area contributed by atoms with Gasteiger partial charge in [-0.15, -0.1) is 0 Å². The van der Waals surface area contributed by atoms with Crippen molar-refractivity contribution in [1.82, 2.24) is 14.8 Å². The first-order valence-electron chi connectivity index (χ1n) is 10.7. The van der Waals surface area contributed by atoms with Crippen molar-refractivity contribution in [2.24, 2.45) is 11.8 Å². The predicted octanol–water partition coefficient (Wildman–Crippen LogP) is 5.12. The third-order valence-corrected chi connectivity index (χ3v) is 6.94. The molecule has 33 heavy (non-hydrogen) atoms. The number of benzene rings is 1. The summed E-state index contributed by atoms with van der Waals surface area (Å²) in [7, 11) is 0. The van der Waals surface area contributed by atoms with Crippen LogP contribution in [0.3, 0.4) is 0 Å². The average Bonchev–Trinajstić information content (AvgIpc) is 3.52. The van der Waals surface area contributed by atoms with Gasteiger partial charge < -0.3 is 19.9 Å². The molecule has 10 heteroatoms. The molecule has 0 radical (unpaired) electrons. The molecule has 2 N–H and O–H groups in total. The predicted molar refractivity (Wildman–Crippen MR) is 123 cm³/mol. The summed E-state index contributed by atoms with van der Waals surface area (Å²) in [5, 5.41) is 4.74. The minimum atomic E-state index is -0.647. The zero-order valence-corrected chi connectivity index (χ0v) is 19.4. The molecular formula is C23H23Cl2FN4O3. The summed E-state index contributed by atoms with van der Waals surface area (Å²) in [6.45, 7) is 3.90. The fraction of sp³-hybridized carbons (Fsp3) is 0.391. The lowest BCUT2D eigenvalue weighted by Gasteiger charge is -2.19. The van der Waals surface area contributed by atoms with Crippen LogP contribution in [0.1, 0.15) is 25.0 Å². The fourth-order valence-electron chi connectivity index (χ4n) is 4.46. The number of pyridine rings is 1. The number of nitrogens with zero attached hydrogens (tertiary/aromatic N) is 3. The molecule has 7 nitrogen and oxygen atoms in total. The Kier molecular flexibility index (Phi) is 6.18. The summed E-state index contributed by atoms with van der Waals surface area (Å²) in [4.78, 5) is 4.26. The molecule has 0 amide bonds. The smallest absolute Gasteiger partial charge is 0.166 e. The number of aromatic nitrogens is 3. The maximum absolute atomic E-state index is 13.9. The van der Waals surface area contributed by atoms with E-state index in [1.54, 1.807) is 25.4 Å². The van der Waals surface area contributed by atoms with Crippen molar-refractivity contribution in [3.8, 4) is 16.9 Å². The van der Waals surface area contributed by atoms with Gasteiger partial charge in [-0.1, -0.05) is 23.2 Å². The van der Waals surface area contributed by atoms with Crippen LogP contribution < -0.4 is 10.5 Å². The van der Waals surface area contributed by atoms with Crippen molar-refractivity contribution in [1.29, 1.82) is 0 Å². The highest BCUT2D eigenvalue weighted by Crippen LogP contribution is 2.38. The van der Waals surface area contributed by atoms with Gasteiger partial charge in [-0.3, -0.25) is 4.68 Å². The van der Waals surface area contributed by atoms with E-state index < -0.39 is 11.9 Å². The highest BCUT2D eigenvalue weighted by Gasteiger charge is 2.41. The van der Waals surface area contributed by atoms with Crippen LogP contribution in [0.25, 0.3) is 11.1 Å². The highest BCUT2D eigenvalue weighted by molar-refractivity contribution is 6.36. The normalized spacial score (nSPS) is 23.0. The lowest BCUT2D eigenvalue weighted by Crippen LogP contribution is -2.20. The standard InChI is InChI=1S/C23H23Cl2FN4O3/c1-12(20-17(24)2-3-18(26)21(20)25)33-19-6-13(7-28-22(19)27)14-8-29-30(9-14)10-15-11-32-23-16(15)4-5-31-23/h2-3,6-9,12,15-16,23H,4-5,10-11H2,1H3,(H2,27,28)/t12-,15?,16?,23?/m1/s1. The summed E-state index contributed by atoms with van der Waals surface area (Å²) in [6.07, 6.45) is 5.70. The van der Waals surface area contributed by atoms with Crippen molar-refractivity contribution >= 4 is 29.0 Å². The Morgan fingerprint density at radius 2 is 2.12 bits per heavy atom. The van der Waals surface area contributed by atoms with Crippen molar-refractivity contribution in [2.75, 3.05) is 18.9 Å². The van der Waals surface area contributed by atoms with E-state index in [2.05, 4.69) is 10.1 Å². The van der Waals surface area contributed by atoms with Gasteiger partial charge in [0, 0.05) is 52.5 Å². The third-order valence-electron chi connectivity index (χ3n) is 6.22. The molecule has 4 atom stereocenters. The second kappa shape index (κ2) is 9.10. The van der Waals surface area contributed by atoms with Crippen LogP contribution in [0.2, 0.25) is 10.0 Å². The second-order valence-corrected chi connectivity index (χ2v) is 9.15. The minimum absolute atomic E-state index is 0.0758. The molecule has 3 aromatic rings. The van der Waals surface area contributed by atoms with Gasteiger partial charge in [0.15, 0.2) is 17.9 Å². The van der Waals surface area contributed by atoms with E-state index in [4.69, 9.17) is 43.1 Å². The zero-order valence-electron chi connectivity index (χ0n) is 17.9. The number of halogens is 3. The van der Waals surface area contributed by atoms with Crippen molar-refractivity contribution in [2.45, 2.75) is 32.3 Å². The molecule has 0 spiro atoms. The van der Waals surface area contributed by atoms with Crippen LogP contribution in [-0.2, 0) is 16.0 Å². The van der Waals surface area contributed by atoms with E-state index in [1.165, 1.54) is 12.1 Å². The van der Waals surface area contributed by atoms with E-state index in [0.29, 0.717) is 34.8 Å². The van der Waals surface area contributed by atoms with Crippen LogP contribution in [0.15, 0.2) is 36.8 Å². The number of anilines is 1. The molecular weight excluding hydrogens is 470 g/mol. The van der Waals surface area contributed by atoms with Crippen LogP contribution in [0, 0.1) is 17.7 Å². The lowest BCUT2D eigenvalue weighted by molar-refractivity contribution is -0.0905. The zero-order chi connectivity index (χ0) is 23.1. The molecule has 5 rings (SSSR count). The van der Waals surface area contributed by atoms with Gasteiger partial charge in [0.05, 0.1) is 24.4 Å². The Bertz CT molecular complexity index is 1170. The average molecular weight is 493 g/mol. The molecule has 2 aliphatic heterocycles. The number of hydrogen-bond acceptors (Lipinski definition) is 6. The van der Waals surface area contributed by atoms with E-state index in [-0.39, 0.29) is 17.1 Å². The SMILES string of the molecule is C[C@@H](Oc1cc(-c2cnn(CC3COC4OCCC34)c2)cnc1N)c1c(Cl)ccc(F)c1Cl. The Balaban J connectivity index is 1.34. The van der Waals surface area contributed by atoms with E-state index in [9.17, 15) is 4.39 Å². The monoisotopic (exact) mass is 492 g/mol. The Labute approximate surface area is 200 Å². The number of hydrogen-bond donors (Lipinski definition) is 1. The first-order chi connectivity index (χ1) is 15.9. The Morgan fingerprint density at radius 1 is 1.27 bits per heavy atom. The number of nitrogen functional groups attached to an aromatic ring is 1. The Hall–Kier alpha value is -2.39. The number of fused-ring (bicyclic) bond motifs is 1. The minimum Gasteiger partial charge on any atom is -0.482 e. The molecule has 4 heterocycles. The summed E-state index contributed by atoms with van der Waals surface area (Å²) in [6, 6.07) is 4.44. The molecule has 2 aliphatic rings. The van der Waals surface area contributed by atoms with Gasteiger partial charge in [0.1, 0.15) is 11.9 Å². The summed E-state index contributed by atoms with van der Waals surface area (Å²) >= 11 is 12.3. The lowest BCUT2D eigenvalue weighted by atomic mass is 9.93. The second-order valence-electron chi connectivity index (χ2n) is 8.36. The molecule has 2 aromatic heterocycles. The van der Waals surface area contributed by atoms with Gasteiger partial charge in [0.25, 0.3) is 0 Å². The first-order valence-corrected chi connectivity index (χ1v) is 11.5. The topological polar surface area (TPSA) is 84.4 Å². The van der Waals surface area contributed by atoms with Gasteiger partial charge in [-0.05, 0) is 31.5 Å². The molecule has 2 fully saturated rings. The number of nitrogens with two attached hydrogens (primary N) is 1. The van der Waals surface area contributed by atoms with Gasteiger partial charge in [-0.2, -0.15) is 5.10 Å². The highest BCUT2D eigenvalue weighted by atomic mass is 35.5. The molecule has 1 aromatic carbocycles. The van der Waals surface area contributed by atoms with E-state index in [1.807, 2.05) is 10.9 Å². The largest absolute Gasteiger partial charge is 0.482 e. The molecule has 174 valence electrons. The third kappa shape index (κ3) is 4.40. The van der Waals surface area contributed by atoms with Gasteiger partial charge in [0.2, 0.25) is 0 Å². The van der Waals surface area contributed by atoms with Gasteiger partial charge >= 0.3 is 0 Å². The molecule has 2 saturated heterocycles. The molecule has 0 bridgehead atoms. The van der Waals surface area contributed by atoms with Crippen LogP contribution in [0.4, 0.5) is 10.2 Å². The molecule has 0 saturated carbocycles.